The minimum atomic E-state index is -0.194. The van der Waals surface area contributed by atoms with Crippen LogP contribution in [0.2, 0.25) is 0 Å². The van der Waals surface area contributed by atoms with Crippen molar-refractivity contribution in [3.63, 3.8) is 0 Å². The van der Waals surface area contributed by atoms with E-state index in [9.17, 15) is 4.39 Å². The maximum Gasteiger partial charge on any atom is 0.131 e. The summed E-state index contributed by atoms with van der Waals surface area (Å²) in [5.74, 6) is -0.194. The summed E-state index contributed by atoms with van der Waals surface area (Å²) < 4.78 is 15.8. The molecule has 0 saturated carbocycles. The quantitative estimate of drug-likeness (QED) is 0.782. The highest BCUT2D eigenvalue weighted by molar-refractivity contribution is 5.63. The number of hydrogen-bond acceptors (Lipinski definition) is 2. The summed E-state index contributed by atoms with van der Waals surface area (Å²) in [4.78, 5) is 0. The first-order valence-electron chi connectivity index (χ1n) is 7.26. The lowest BCUT2D eigenvalue weighted by atomic mass is 10.1. The minimum absolute atomic E-state index is 0.194. The number of hydrogen-bond donors (Lipinski definition) is 1. The fourth-order valence-corrected chi connectivity index (χ4v) is 2.17. The van der Waals surface area contributed by atoms with E-state index in [1.165, 1.54) is 6.07 Å². The molecule has 0 aliphatic heterocycles. The average molecular weight is 275 g/mol. The van der Waals surface area contributed by atoms with E-state index in [0.717, 1.165) is 43.6 Å². The lowest BCUT2D eigenvalue weighted by Gasteiger charge is -2.06. The van der Waals surface area contributed by atoms with E-state index < -0.39 is 0 Å². The Kier molecular flexibility index (Phi) is 5.30. The zero-order chi connectivity index (χ0) is 14.4. The predicted octanol–water partition coefficient (Wildman–Crippen LogP) is 3.60. The molecular weight excluding hydrogens is 253 g/mol. The van der Waals surface area contributed by atoms with Gasteiger partial charge in [-0.1, -0.05) is 19.9 Å². The molecule has 0 saturated heterocycles. The Morgan fingerprint density at radius 2 is 2.10 bits per heavy atom. The summed E-state index contributed by atoms with van der Waals surface area (Å²) in [6, 6.07) is 5.28. The van der Waals surface area contributed by atoms with Gasteiger partial charge in [-0.3, -0.25) is 4.68 Å². The molecule has 3 nitrogen and oxygen atoms in total. The van der Waals surface area contributed by atoms with Gasteiger partial charge in [0.15, 0.2) is 0 Å². The fraction of sp³-hybridized carbons (Fsp3) is 0.438. The number of aromatic nitrogens is 2. The lowest BCUT2D eigenvalue weighted by molar-refractivity contribution is 0.602. The van der Waals surface area contributed by atoms with Crippen LogP contribution in [0.1, 0.15) is 32.3 Å². The number of nitrogens with zero attached hydrogens (tertiary/aromatic N) is 2. The third kappa shape index (κ3) is 3.67. The van der Waals surface area contributed by atoms with Gasteiger partial charge >= 0.3 is 0 Å². The van der Waals surface area contributed by atoms with Gasteiger partial charge in [0.05, 0.1) is 6.20 Å². The van der Waals surface area contributed by atoms with Crippen LogP contribution in [0.5, 0.6) is 0 Å². The van der Waals surface area contributed by atoms with Crippen molar-refractivity contribution >= 4 is 0 Å². The first-order valence-corrected chi connectivity index (χ1v) is 7.26. The molecule has 0 radical (unpaired) electrons. The second-order valence-corrected chi connectivity index (χ2v) is 4.98. The molecule has 4 heteroatoms. The van der Waals surface area contributed by atoms with Gasteiger partial charge in [0, 0.05) is 30.4 Å². The summed E-state index contributed by atoms with van der Waals surface area (Å²) in [5.41, 5.74) is 2.56. The molecule has 20 heavy (non-hydrogen) atoms. The summed E-state index contributed by atoms with van der Waals surface area (Å²) in [5, 5.41) is 7.59. The van der Waals surface area contributed by atoms with Gasteiger partial charge < -0.3 is 5.32 Å². The molecule has 1 N–H and O–H groups in total. The smallest absolute Gasteiger partial charge is 0.131 e. The van der Waals surface area contributed by atoms with Crippen LogP contribution in [-0.2, 0) is 13.1 Å². The molecule has 0 unspecified atom stereocenters. The molecule has 1 heterocycles. The molecular formula is C16H22FN3. The van der Waals surface area contributed by atoms with Crippen LogP contribution >= 0.6 is 0 Å². The van der Waals surface area contributed by atoms with E-state index >= 15 is 0 Å². The number of nitrogens with one attached hydrogen (secondary N) is 1. The molecule has 0 fully saturated rings. The maximum atomic E-state index is 14.0. The minimum Gasteiger partial charge on any atom is -0.313 e. The molecule has 2 rings (SSSR count). The zero-order valence-electron chi connectivity index (χ0n) is 12.2. The van der Waals surface area contributed by atoms with Crippen LogP contribution < -0.4 is 5.32 Å². The number of rotatable bonds is 7. The fourth-order valence-electron chi connectivity index (χ4n) is 2.17. The molecule has 0 aliphatic rings. The van der Waals surface area contributed by atoms with Gasteiger partial charge in [0.2, 0.25) is 0 Å². The van der Waals surface area contributed by atoms with E-state index in [4.69, 9.17) is 0 Å². The third-order valence-electron chi connectivity index (χ3n) is 3.18. The highest BCUT2D eigenvalue weighted by Crippen LogP contribution is 2.23. The lowest BCUT2D eigenvalue weighted by Crippen LogP contribution is -2.13. The van der Waals surface area contributed by atoms with Crippen LogP contribution in [-0.4, -0.2) is 16.3 Å². The molecule has 108 valence electrons. The van der Waals surface area contributed by atoms with Crippen LogP contribution in [0.25, 0.3) is 11.1 Å². The number of halogens is 1. The van der Waals surface area contributed by atoms with Crippen molar-refractivity contribution in [2.45, 2.75) is 39.8 Å². The first-order chi connectivity index (χ1) is 9.74. The SMILES string of the molecule is CCCNCc1ccc(F)c(-c2cnn(CCC)c2)c1. The molecule has 0 atom stereocenters. The summed E-state index contributed by atoms with van der Waals surface area (Å²) in [6.07, 6.45) is 5.75. The van der Waals surface area contributed by atoms with Crippen LogP contribution in [0.15, 0.2) is 30.6 Å². The van der Waals surface area contributed by atoms with Gasteiger partial charge in [-0.15, -0.1) is 0 Å². The van der Waals surface area contributed by atoms with Crippen molar-refractivity contribution in [2.75, 3.05) is 6.54 Å². The Balaban J connectivity index is 2.18. The van der Waals surface area contributed by atoms with E-state index in [1.807, 2.05) is 23.0 Å². The van der Waals surface area contributed by atoms with Gasteiger partial charge in [0.1, 0.15) is 5.82 Å². The molecule has 0 bridgehead atoms. The van der Waals surface area contributed by atoms with Gasteiger partial charge in [0.25, 0.3) is 0 Å². The van der Waals surface area contributed by atoms with Crippen molar-refractivity contribution in [1.29, 1.82) is 0 Å². The van der Waals surface area contributed by atoms with Crippen molar-refractivity contribution in [3.8, 4) is 11.1 Å². The largest absolute Gasteiger partial charge is 0.313 e. The molecule has 1 aromatic heterocycles. The maximum absolute atomic E-state index is 14.0. The van der Waals surface area contributed by atoms with Crippen LogP contribution in [0.4, 0.5) is 4.39 Å². The van der Waals surface area contributed by atoms with E-state index in [-0.39, 0.29) is 5.82 Å². The van der Waals surface area contributed by atoms with Gasteiger partial charge in [-0.25, -0.2) is 4.39 Å². The molecule has 0 aliphatic carbocycles. The zero-order valence-corrected chi connectivity index (χ0v) is 12.2. The standard InChI is InChI=1S/C16H22FN3/c1-3-7-18-10-13-5-6-16(17)15(9-13)14-11-19-20(12-14)8-4-2/h5-6,9,11-12,18H,3-4,7-8,10H2,1-2H3. The second-order valence-electron chi connectivity index (χ2n) is 4.98. The Bertz CT molecular complexity index is 548. The third-order valence-corrected chi connectivity index (χ3v) is 3.18. The van der Waals surface area contributed by atoms with Crippen molar-refractivity contribution in [1.82, 2.24) is 15.1 Å². The predicted molar refractivity (Wildman–Crippen MR) is 79.9 cm³/mol. The highest BCUT2D eigenvalue weighted by Gasteiger charge is 2.08. The Hall–Kier alpha value is -1.68. The van der Waals surface area contributed by atoms with Crippen molar-refractivity contribution < 1.29 is 4.39 Å². The Labute approximate surface area is 119 Å². The monoisotopic (exact) mass is 275 g/mol. The Morgan fingerprint density at radius 1 is 1.25 bits per heavy atom. The van der Waals surface area contributed by atoms with E-state index in [2.05, 4.69) is 24.3 Å². The first kappa shape index (κ1) is 14.7. The normalized spacial score (nSPS) is 10.9. The van der Waals surface area contributed by atoms with E-state index in [1.54, 1.807) is 6.20 Å². The summed E-state index contributed by atoms with van der Waals surface area (Å²) >= 11 is 0. The average Bonchev–Trinajstić information content (AvgIpc) is 2.90. The van der Waals surface area contributed by atoms with Gasteiger partial charge in [-0.2, -0.15) is 5.10 Å². The van der Waals surface area contributed by atoms with Gasteiger partial charge in [-0.05, 0) is 37.1 Å². The second kappa shape index (κ2) is 7.20. The van der Waals surface area contributed by atoms with Crippen LogP contribution in [0.3, 0.4) is 0 Å². The molecule has 0 spiro atoms. The molecule has 0 amide bonds. The molecule has 2 aromatic rings. The number of aryl methyl sites for hydroxylation is 1. The van der Waals surface area contributed by atoms with Crippen LogP contribution in [0, 0.1) is 5.82 Å². The van der Waals surface area contributed by atoms with Crippen molar-refractivity contribution in [2.24, 2.45) is 0 Å². The molecule has 1 aromatic carbocycles. The summed E-state index contributed by atoms with van der Waals surface area (Å²) in [7, 11) is 0. The van der Waals surface area contributed by atoms with Crippen molar-refractivity contribution in [3.05, 3.63) is 42.0 Å². The summed E-state index contributed by atoms with van der Waals surface area (Å²) in [6.45, 7) is 6.83. The topological polar surface area (TPSA) is 29.9 Å². The van der Waals surface area contributed by atoms with E-state index in [0.29, 0.717) is 5.56 Å². The number of benzene rings is 1. The highest BCUT2D eigenvalue weighted by atomic mass is 19.1. The Morgan fingerprint density at radius 3 is 2.85 bits per heavy atom.